The second kappa shape index (κ2) is 9.44. The summed E-state index contributed by atoms with van der Waals surface area (Å²) in [5.74, 6) is -1.61. The number of methoxy groups -OCH3 is 1. The largest absolute Gasteiger partial charge is 0.465 e. The van der Waals surface area contributed by atoms with Gasteiger partial charge in [0, 0.05) is 17.0 Å². The van der Waals surface area contributed by atoms with Crippen molar-refractivity contribution in [3.63, 3.8) is 0 Å². The standard InChI is InChI=1S/C17H20N2O5S2/c1-3-24-13(21)9-8-12(20)18-17(25)19-15-14(16(22)23-2)10-6-4-5-7-11(10)26-15/h8-9H,3-7H2,1-2H3,(H2,18,19,20,25)/b9-8+. The van der Waals surface area contributed by atoms with E-state index in [4.69, 9.17) is 17.0 Å². The third-order valence-electron chi connectivity index (χ3n) is 3.68. The van der Waals surface area contributed by atoms with Crippen LogP contribution in [0.2, 0.25) is 0 Å². The van der Waals surface area contributed by atoms with Crippen LogP contribution in [0.4, 0.5) is 5.00 Å². The molecule has 0 aliphatic heterocycles. The number of thiocarbonyl (C=S) groups is 1. The normalized spacial score (nSPS) is 13.0. The van der Waals surface area contributed by atoms with Crippen LogP contribution in [0.5, 0.6) is 0 Å². The third kappa shape index (κ3) is 5.12. The topological polar surface area (TPSA) is 93.7 Å². The van der Waals surface area contributed by atoms with Crippen molar-refractivity contribution in [3.8, 4) is 0 Å². The van der Waals surface area contributed by atoms with Gasteiger partial charge in [0.15, 0.2) is 5.11 Å². The average Bonchev–Trinajstić information content (AvgIpc) is 2.97. The quantitative estimate of drug-likeness (QED) is 0.448. The zero-order chi connectivity index (χ0) is 19.1. The van der Waals surface area contributed by atoms with E-state index in [0.29, 0.717) is 10.6 Å². The maximum atomic E-state index is 12.2. The monoisotopic (exact) mass is 396 g/mol. The average molecular weight is 396 g/mol. The number of hydrogen-bond acceptors (Lipinski definition) is 7. The Morgan fingerprint density at radius 1 is 1.23 bits per heavy atom. The molecule has 1 heterocycles. The van der Waals surface area contributed by atoms with E-state index >= 15 is 0 Å². The number of esters is 2. The van der Waals surface area contributed by atoms with Crippen LogP contribution >= 0.6 is 23.6 Å². The van der Waals surface area contributed by atoms with Gasteiger partial charge in [0.1, 0.15) is 5.00 Å². The van der Waals surface area contributed by atoms with Crippen molar-refractivity contribution in [1.29, 1.82) is 0 Å². The van der Waals surface area contributed by atoms with Gasteiger partial charge in [0.25, 0.3) is 0 Å². The number of amides is 1. The van der Waals surface area contributed by atoms with Crippen LogP contribution in [-0.4, -0.2) is 36.7 Å². The molecule has 2 rings (SSSR count). The molecule has 140 valence electrons. The van der Waals surface area contributed by atoms with Gasteiger partial charge < -0.3 is 14.8 Å². The lowest BCUT2D eigenvalue weighted by molar-refractivity contribution is -0.137. The van der Waals surface area contributed by atoms with E-state index in [2.05, 4.69) is 15.4 Å². The summed E-state index contributed by atoms with van der Waals surface area (Å²) in [4.78, 5) is 36.3. The van der Waals surface area contributed by atoms with Gasteiger partial charge >= 0.3 is 11.9 Å². The number of aryl methyl sites for hydroxylation is 1. The molecule has 0 bridgehead atoms. The number of anilines is 1. The molecule has 0 aromatic carbocycles. The van der Waals surface area contributed by atoms with Crippen LogP contribution in [-0.2, 0) is 31.9 Å². The number of carbonyl (C=O) groups is 3. The molecule has 0 saturated carbocycles. The van der Waals surface area contributed by atoms with Crippen LogP contribution < -0.4 is 10.6 Å². The lowest BCUT2D eigenvalue weighted by Gasteiger charge is -2.12. The van der Waals surface area contributed by atoms with Crippen LogP contribution in [0.25, 0.3) is 0 Å². The molecular formula is C17H20N2O5S2. The Morgan fingerprint density at radius 2 is 1.96 bits per heavy atom. The zero-order valence-electron chi connectivity index (χ0n) is 14.5. The Morgan fingerprint density at radius 3 is 2.65 bits per heavy atom. The minimum atomic E-state index is -0.611. The molecule has 1 aromatic heterocycles. The maximum absolute atomic E-state index is 12.2. The molecule has 1 aromatic rings. The summed E-state index contributed by atoms with van der Waals surface area (Å²) in [5, 5.41) is 5.92. The summed E-state index contributed by atoms with van der Waals surface area (Å²) >= 11 is 6.57. The molecule has 2 N–H and O–H groups in total. The summed E-state index contributed by atoms with van der Waals surface area (Å²) in [5.41, 5.74) is 1.47. The second-order valence-corrected chi connectivity index (χ2v) is 6.95. The van der Waals surface area contributed by atoms with Crippen molar-refractivity contribution in [3.05, 3.63) is 28.2 Å². The van der Waals surface area contributed by atoms with Crippen LogP contribution in [0, 0.1) is 0 Å². The summed E-state index contributed by atoms with van der Waals surface area (Å²) in [6, 6.07) is 0. The second-order valence-electron chi connectivity index (χ2n) is 5.44. The molecule has 0 saturated heterocycles. The van der Waals surface area contributed by atoms with E-state index < -0.39 is 17.8 Å². The molecule has 26 heavy (non-hydrogen) atoms. The van der Waals surface area contributed by atoms with Gasteiger partial charge in [-0.1, -0.05) is 0 Å². The Hall–Kier alpha value is -2.26. The Labute approximate surface area is 160 Å². The van der Waals surface area contributed by atoms with Crippen molar-refractivity contribution >= 4 is 51.5 Å². The van der Waals surface area contributed by atoms with Gasteiger partial charge in [-0.3, -0.25) is 10.1 Å². The smallest absolute Gasteiger partial charge is 0.341 e. The van der Waals surface area contributed by atoms with E-state index in [-0.39, 0.29) is 11.7 Å². The molecule has 9 heteroatoms. The molecule has 1 amide bonds. The fraction of sp³-hybridized carbons (Fsp3) is 0.412. The molecule has 7 nitrogen and oxygen atoms in total. The SMILES string of the molecule is CCOC(=O)/C=C/C(=O)NC(=S)Nc1sc2c(c1C(=O)OC)CCCC2. The van der Waals surface area contributed by atoms with Crippen molar-refractivity contribution in [2.75, 3.05) is 19.0 Å². The maximum Gasteiger partial charge on any atom is 0.341 e. The van der Waals surface area contributed by atoms with Gasteiger partial charge in [0.2, 0.25) is 5.91 Å². The van der Waals surface area contributed by atoms with Crippen molar-refractivity contribution in [1.82, 2.24) is 5.32 Å². The predicted molar refractivity (Wildman–Crippen MR) is 102 cm³/mol. The molecule has 1 aliphatic rings. The van der Waals surface area contributed by atoms with E-state index in [9.17, 15) is 14.4 Å². The fourth-order valence-corrected chi connectivity index (χ4v) is 4.14. The third-order valence-corrected chi connectivity index (χ3v) is 5.09. The first-order valence-corrected chi connectivity index (χ1v) is 9.38. The lowest BCUT2D eigenvalue weighted by atomic mass is 9.95. The Kier molecular flexibility index (Phi) is 7.28. The Balaban J connectivity index is 2.07. The molecule has 1 aliphatic carbocycles. The highest BCUT2D eigenvalue weighted by molar-refractivity contribution is 7.80. The minimum Gasteiger partial charge on any atom is -0.465 e. The highest BCUT2D eigenvalue weighted by Gasteiger charge is 2.26. The number of fused-ring (bicyclic) bond motifs is 1. The molecule has 0 spiro atoms. The first kappa shape index (κ1) is 20.1. The first-order chi connectivity index (χ1) is 12.5. The number of thiophene rings is 1. The van der Waals surface area contributed by atoms with Crippen molar-refractivity contribution in [2.24, 2.45) is 0 Å². The van der Waals surface area contributed by atoms with Gasteiger partial charge in [0.05, 0.1) is 19.3 Å². The summed E-state index contributed by atoms with van der Waals surface area (Å²) < 4.78 is 9.58. The van der Waals surface area contributed by atoms with E-state index in [1.54, 1.807) is 6.92 Å². The van der Waals surface area contributed by atoms with E-state index in [1.807, 2.05) is 0 Å². The summed E-state index contributed by atoms with van der Waals surface area (Å²) in [6.45, 7) is 1.90. The number of ether oxygens (including phenoxy) is 2. The molecule has 0 unspecified atom stereocenters. The molecule has 0 radical (unpaired) electrons. The predicted octanol–water partition coefficient (Wildman–Crippen LogP) is 2.35. The Bertz CT molecular complexity index is 755. The summed E-state index contributed by atoms with van der Waals surface area (Å²) in [7, 11) is 1.33. The van der Waals surface area contributed by atoms with E-state index in [0.717, 1.165) is 48.3 Å². The van der Waals surface area contributed by atoms with Crippen LogP contribution in [0.3, 0.4) is 0 Å². The highest BCUT2D eigenvalue weighted by atomic mass is 32.1. The molecule has 0 fully saturated rings. The van der Waals surface area contributed by atoms with Crippen LogP contribution in [0.15, 0.2) is 12.2 Å². The van der Waals surface area contributed by atoms with Crippen LogP contribution in [0.1, 0.15) is 40.6 Å². The number of rotatable bonds is 5. The number of carbonyl (C=O) groups excluding carboxylic acids is 3. The number of hydrogen-bond donors (Lipinski definition) is 2. The van der Waals surface area contributed by atoms with Crippen molar-refractivity contribution < 1.29 is 23.9 Å². The molecule has 0 atom stereocenters. The van der Waals surface area contributed by atoms with Gasteiger partial charge in [-0.15, -0.1) is 11.3 Å². The minimum absolute atomic E-state index is 0.0345. The molecular weight excluding hydrogens is 376 g/mol. The van der Waals surface area contributed by atoms with Gasteiger partial charge in [-0.05, 0) is 50.4 Å². The van der Waals surface area contributed by atoms with E-state index in [1.165, 1.54) is 18.4 Å². The number of nitrogens with one attached hydrogen (secondary N) is 2. The zero-order valence-corrected chi connectivity index (χ0v) is 16.2. The highest BCUT2D eigenvalue weighted by Crippen LogP contribution is 2.38. The van der Waals surface area contributed by atoms with Gasteiger partial charge in [-0.25, -0.2) is 9.59 Å². The van der Waals surface area contributed by atoms with Crippen molar-refractivity contribution in [2.45, 2.75) is 32.6 Å². The first-order valence-electron chi connectivity index (χ1n) is 8.15. The lowest BCUT2D eigenvalue weighted by Crippen LogP contribution is -2.33. The summed E-state index contributed by atoms with van der Waals surface area (Å²) in [6.07, 6.45) is 5.88. The van der Waals surface area contributed by atoms with Gasteiger partial charge in [-0.2, -0.15) is 0 Å². The fourth-order valence-electron chi connectivity index (χ4n) is 2.59.